The number of nitrogens with one attached hydrogen (secondary N) is 1. The smallest absolute Gasteiger partial charge is 0.318 e. The maximum atomic E-state index is 12.2. The van der Waals surface area contributed by atoms with E-state index in [-0.39, 0.29) is 12.1 Å². The first kappa shape index (κ1) is 16.5. The van der Waals surface area contributed by atoms with Crippen molar-refractivity contribution in [2.75, 3.05) is 20.2 Å². The lowest BCUT2D eigenvalue weighted by Gasteiger charge is -2.34. The molecule has 1 aromatic heterocycles. The number of aromatic nitrogens is 1. The Hall–Kier alpha value is -2.34. The van der Waals surface area contributed by atoms with Crippen molar-refractivity contribution < 1.29 is 9.53 Å². The molecular weight excluding hydrogens is 322 g/mol. The predicted octanol–water partition coefficient (Wildman–Crippen LogP) is 3.77. The molecule has 0 spiro atoms. The van der Waals surface area contributed by atoms with Gasteiger partial charge in [-0.1, -0.05) is 6.58 Å². The van der Waals surface area contributed by atoms with Crippen LogP contribution in [0.3, 0.4) is 0 Å². The molecule has 1 N–H and O–H groups in total. The summed E-state index contributed by atoms with van der Waals surface area (Å²) in [4.78, 5) is 19.6. The summed E-state index contributed by atoms with van der Waals surface area (Å²) in [7, 11) is 1.65. The number of carbonyl (C=O) groups excluding carboxylic acids is 1. The van der Waals surface area contributed by atoms with Gasteiger partial charge in [0.25, 0.3) is 0 Å². The van der Waals surface area contributed by atoms with Gasteiger partial charge >= 0.3 is 6.03 Å². The Morgan fingerprint density at radius 3 is 2.62 bits per heavy atom. The Balaban J connectivity index is 1.72. The number of thiazole rings is 1. The van der Waals surface area contributed by atoms with Crippen LogP contribution < -0.4 is 10.1 Å². The highest BCUT2D eigenvalue weighted by Crippen LogP contribution is 2.32. The molecule has 0 radical (unpaired) electrons. The number of nitrogens with zero attached hydrogens (tertiary/aromatic N) is 2. The standard InChI is InChI=1S/C18H21N3O2S/c1-11-9-21(10-11)18(22)20-13(3)16-12(2)19-17(24-16)14-5-7-15(23-4)8-6-14/h5-8,13H,1,9-10H2,2-4H3,(H,20,22). The average molecular weight is 343 g/mol. The van der Waals surface area contributed by atoms with Crippen molar-refractivity contribution in [3.8, 4) is 16.3 Å². The van der Waals surface area contributed by atoms with Crippen molar-refractivity contribution in [1.29, 1.82) is 0 Å². The van der Waals surface area contributed by atoms with E-state index in [0.717, 1.165) is 32.5 Å². The second-order valence-electron chi connectivity index (χ2n) is 5.97. The molecule has 2 aromatic rings. The summed E-state index contributed by atoms with van der Waals surface area (Å²) in [6.45, 7) is 9.13. The fraction of sp³-hybridized carbons (Fsp3) is 0.333. The van der Waals surface area contributed by atoms with E-state index >= 15 is 0 Å². The Morgan fingerprint density at radius 2 is 2.04 bits per heavy atom. The van der Waals surface area contributed by atoms with Crippen molar-refractivity contribution in [1.82, 2.24) is 15.2 Å². The molecule has 1 atom stereocenters. The topological polar surface area (TPSA) is 54.5 Å². The summed E-state index contributed by atoms with van der Waals surface area (Å²) in [6.07, 6.45) is 0. The Labute approximate surface area is 146 Å². The predicted molar refractivity (Wildman–Crippen MR) is 96.5 cm³/mol. The van der Waals surface area contributed by atoms with Gasteiger partial charge in [-0.25, -0.2) is 9.78 Å². The van der Waals surface area contributed by atoms with E-state index in [0.29, 0.717) is 13.1 Å². The van der Waals surface area contributed by atoms with Crippen LogP contribution in [0.25, 0.3) is 10.6 Å². The first-order valence-electron chi connectivity index (χ1n) is 7.81. The van der Waals surface area contributed by atoms with Crippen LogP contribution in [0.15, 0.2) is 36.4 Å². The molecule has 0 saturated carbocycles. The van der Waals surface area contributed by atoms with E-state index < -0.39 is 0 Å². The van der Waals surface area contributed by atoms with Gasteiger partial charge in [-0.15, -0.1) is 11.3 Å². The third kappa shape index (κ3) is 3.28. The molecule has 0 bridgehead atoms. The number of benzene rings is 1. The summed E-state index contributed by atoms with van der Waals surface area (Å²) in [5.74, 6) is 0.823. The normalized spacial score (nSPS) is 15.0. The van der Waals surface area contributed by atoms with Crippen molar-refractivity contribution in [2.45, 2.75) is 19.9 Å². The van der Waals surface area contributed by atoms with E-state index in [4.69, 9.17) is 4.74 Å². The van der Waals surface area contributed by atoms with Gasteiger partial charge in [0.15, 0.2) is 0 Å². The molecule has 5 nitrogen and oxygen atoms in total. The maximum Gasteiger partial charge on any atom is 0.318 e. The van der Waals surface area contributed by atoms with Gasteiger partial charge in [0.05, 0.1) is 23.7 Å². The van der Waals surface area contributed by atoms with Crippen LogP contribution in [-0.2, 0) is 0 Å². The zero-order chi connectivity index (χ0) is 17.3. The molecule has 1 fully saturated rings. The second kappa shape index (κ2) is 6.65. The number of hydrogen-bond donors (Lipinski definition) is 1. The number of hydrogen-bond acceptors (Lipinski definition) is 4. The SMILES string of the molecule is C=C1CN(C(=O)NC(C)c2sc(-c3ccc(OC)cc3)nc2C)C1. The van der Waals surface area contributed by atoms with Gasteiger partial charge in [-0.05, 0) is 43.7 Å². The maximum absolute atomic E-state index is 12.2. The number of rotatable bonds is 4. The summed E-state index contributed by atoms with van der Waals surface area (Å²) in [6, 6.07) is 7.72. The van der Waals surface area contributed by atoms with Gasteiger partial charge in [-0.3, -0.25) is 0 Å². The lowest BCUT2D eigenvalue weighted by atomic mass is 10.1. The summed E-state index contributed by atoms with van der Waals surface area (Å²) >= 11 is 1.61. The molecule has 1 saturated heterocycles. The van der Waals surface area contributed by atoms with Gasteiger partial charge in [0.1, 0.15) is 10.8 Å². The summed E-state index contributed by atoms with van der Waals surface area (Å²) in [5.41, 5.74) is 3.09. The van der Waals surface area contributed by atoms with Crippen LogP contribution in [0.5, 0.6) is 5.75 Å². The van der Waals surface area contributed by atoms with Crippen molar-refractivity contribution >= 4 is 17.4 Å². The minimum atomic E-state index is -0.0733. The second-order valence-corrected chi connectivity index (χ2v) is 7.01. The van der Waals surface area contributed by atoms with Crippen molar-refractivity contribution in [2.24, 2.45) is 0 Å². The number of likely N-dealkylation sites (tertiary alicyclic amines) is 1. The fourth-order valence-corrected chi connectivity index (χ4v) is 3.72. The zero-order valence-corrected chi connectivity index (χ0v) is 14.9. The number of methoxy groups -OCH3 is 1. The molecule has 2 heterocycles. The number of aryl methyl sites for hydroxylation is 1. The van der Waals surface area contributed by atoms with Gasteiger partial charge in [-0.2, -0.15) is 0 Å². The highest BCUT2D eigenvalue weighted by molar-refractivity contribution is 7.15. The Morgan fingerprint density at radius 1 is 1.38 bits per heavy atom. The van der Waals surface area contributed by atoms with Crippen molar-refractivity contribution in [3.05, 3.63) is 47.0 Å². The largest absolute Gasteiger partial charge is 0.497 e. The number of ether oxygens (including phenoxy) is 1. The highest BCUT2D eigenvalue weighted by Gasteiger charge is 2.26. The zero-order valence-electron chi connectivity index (χ0n) is 14.1. The van der Waals surface area contributed by atoms with Crippen molar-refractivity contribution in [3.63, 3.8) is 0 Å². The third-order valence-electron chi connectivity index (χ3n) is 4.02. The van der Waals surface area contributed by atoms with Crippen LogP contribution in [0.2, 0.25) is 0 Å². The van der Waals surface area contributed by atoms with Gasteiger partial charge < -0.3 is 15.0 Å². The van der Waals surface area contributed by atoms with Crippen LogP contribution in [-0.4, -0.2) is 36.1 Å². The molecule has 1 aliphatic rings. The van der Waals surface area contributed by atoms with Crippen LogP contribution >= 0.6 is 11.3 Å². The molecule has 0 aliphatic carbocycles. The molecule has 3 rings (SSSR count). The lowest BCUT2D eigenvalue weighted by molar-refractivity contribution is 0.188. The molecular formula is C18H21N3O2S. The molecule has 24 heavy (non-hydrogen) atoms. The summed E-state index contributed by atoms with van der Waals surface area (Å²) in [5, 5.41) is 3.99. The Bertz CT molecular complexity index is 759. The minimum absolute atomic E-state index is 0.0475. The molecule has 126 valence electrons. The molecule has 1 aromatic carbocycles. The van der Waals surface area contributed by atoms with E-state index in [1.807, 2.05) is 38.1 Å². The van der Waals surface area contributed by atoms with Crippen LogP contribution in [0.1, 0.15) is 23.5 Å². The first-order valence-corrected chi connectivity index (χ1v) is 8.63. The summed E-state index contributed by atoms with van der Waals surface area (Å²) < 4.78 is 5.19. The van der Waals surface area contributed by atoms with E-state index in [2.05, 4.69) is 16.9 Å². The van der Waals surface area contributed by atoms with Crippen LogP contribution in [0, 0.1) is 6.92 Å². The number of urea groups is 1. The lowest BCUT2D eigenvalue weighted by Crippen LogP contribution is -2.49. The molecule has 1 unspecified atom stereocenters. The Kier molecular flexibility index (Phi) is 4.57. The molecule has 2 amide bonds. The molecule has 1 aliphatic heterocycles. The molecule has 6 heteroatoms. The van der Waals surface area contributed by atoms with E-state index in [1.54, 1.807) is 23.3 Å². The minimum Gasteiger partial charge on any atom is -0.497 e. The highest BCUT2D eigenvalue weighted by atomic mass is 32.1. The first-order chi connectivity index (χ1) is 11.5. The van der Waals surface area contributed by atoms with Gasteiger partial charge in [0.2, 0.25) is 0 Å². The fourth-order valence-electron chi connectivity index (χ4n) is 2.65. The number of carbonyl (C=O) groups is 1. The quantitative estimate of drug-likeness (QED) is 0.860. The number of amides is 2. The van der Waals surface area contributed by atoms with Crippen LogP contribution in [0.4, 0.5) is 4.79 Å². The van der Waals surface area contributed by atoms with E-state index in [9.17, 15) is 4.79 Å². The van der Waals surface area contributed by atoms with E-state index in [1.165, 1.54) is 0 Å². The third-order valence-corrected chi connectivity index (χ3v) is 5.41. The monoisotopic (exact) mass is 343 g/mol. The average Bonchev–Trinajstić information content (AvgIpc) is 2.93. The van der Waals surface area contributed by atoms with Gasteiger partial charge in [0, 0.05) is 18.7 Å².